The Bertz CT molecular complexity index is 1890. The molecule has 0 aliphatic carbocycles. The molecule has 1 rings (SSSR count). The van der Waals surface area contributed by atoms with E-state index in [2.05, 4.69) is 31.9 Å². The second kappa shape index (κ2) is 26.0. The first-order chi connectivity index (χ1) is 29.3. The number of nitrogens with one attached hydrogen (secondary N) is 6. The van der Waals surface area contributed by atoms with Crippen LogP contribution < -0.4 is 37.6 Å². The summed E-state index contributed by atoms with van der Waals surface area (Å²) in [5, 5.41) is 42.4. The van der Waals surface area contributed by atoms with Crippen LogP contribution in [-0.2, 0) is 59.2 Å². The van der Waals surface area contributed by atoms with Crippen molar-refractivity contribution < 1.29 is 68.1 Å². The van der Waals surface area contributed by atoms with Crippen molar-refractivity contribution in [2.45, 2.75) is 136 Å². The summed E-state index contributed by atoms with van der Waals surface area (Å²) in [5.74, 6) is -12.6. The molecule has 21 nitrogen and oxygen atoms in total. The van der Waals surface area contributed by atoms with Gasteiger partial charge in [0, 0.05) is 19.3 Å². The molecule has 11 N–H and O–H groups in total. The first-order valence-electron chi connectivity index (χ1n) is 20.2. The van der Waals surface area contributed by atoms with Gasteiger partial charge in [0.2, 0.25) is 41.2 Å². The van der Waals surface area contributed by atoms with Gasteiger partial charge in [-0.15, -0.1) is 0 Å². The summed E-state index contributed by atoms with van der Waals surface area (Å²) in [6, 6.07) is -2.20. The summed E-state index contributed by atoms with van der Waals surface area (Å²) in [7, 11) is 0. The Labute approximate surface area is 365 Å². The van der Waals surface area contributed by atoms with Crippen molar-refractivity contribution in [3.05, 3.63) is 47.5 Å². The monoisotopic (exact) mass is 887 g/mol. The summed E-state index contributed by atoms with van der Waals surface area (Å²) in [6.07, 6.45) is -0.517. The van der Waals surface area contributed by atoms with Gasteiger partial charge in [0.1, 0.15) is 36.3 Å². The minimum Gasteiger partial charge on any atom is -0.481 e. The van der Waals surface area contributed by atoms with Crippen LogP contribution in [0.4, 0.5) is 0 Å². The third kappa shape index (κ3) is 20.2. The summed E-state index contributed by atoms with van der Waals surface area (Å²) in [4.78, 5) is 140. The van der Waals surface area contributed by atoms with Crippen LogP contribution in [0.2, 0.25) is 0 Å². The molecule has 0 aromatic heterocycles. The minimum atomic E-state index is -1.81. The van der Waals surface area contributed by atoms with E-state index < -0.39 is 139 Å². The Balaban J connectivity index is 3.60. The molecule has 1 aromatic carbocycles. The highest BCUT2D eigenvalue weighted by Gasteiger charge is 2.39. The van der Waals surface area contributed by atoms with Gasteiger partial charge in [-0.25, -0.2) is 0 Å². The molecule has 0 bridgehead atoms. The molecule has 6 atom stereocenters. The number of aliphatic carboxylic acids is 3. The summed E-state index contributed by atoms with van der Waals surface area (Å²) < 4.78 is 0. The summed E-state index contributed by atoms with van der Waals surface area (Å²) in [5.41, 5.74) is 5.41. The number of hydrogen-bond donors (Lipinski definition) is 10. The standard InChI is InChI=1S/C42H61N7O14/c1-8-9-14-25(34(57)36(43)58)45-38(60)27(19-22(2)3)48-41(63)35(42(5,6)7)49-40(62)28(20-24-13-11-10-12-23(24)4)47-37(59)26(15-17-31(51)52)46-39(61)29(21-33(55)56)44-30(50)16-18-32(53)54/h8-13,22,25-29,35H,14-21H2,1-7H3,(H2,43,58)(H,44,50)(H,45,60)(H,46,61)(H,47,59)(H,48,63)(H,49,62)(H,51,52)(H,53,54)(H,55,56)/t25?,26-,27-,28-,29-,35+/m0/s1. The number of ketones is 1. The quantitative estimate of drug-likeness (QED) is 0.0403. The van der Waals surface area contributed by atoms with E-state index in [0.29, 0.717) is 11.1 Å². The molecular formula is C42H61N7O14. The Morgan fingerprint density at radius 1 is 0.651 bits per heavy atom. The van der Waals surface area contributed by atoms with Crippen LogP contribution in [0.5, 0.6) is 0 Å². The van der Waals surface area contributed by atoms with Gasteiger partial charge >= 0.3 is 17.9 Å². The smallest absolute Gasteiger partial charge is 0.305 e. The van der Waals surface area contributed by atoms with Crippen molar-refractivity contribution in [2.24, 2.45) is 17.1 Å². The molecule has 0 aliphatic heterocycles. The number of Topliss-reactive ketones (excluding diaryl/α,β-unsaturated/α-hetero) is 1. The number of primary amides is 1. The molecule has 1 aromatic rings. The number of benzene rings is 1. The van der Waals surface area contributed by atoms with Crippen LogP contribution in [0, 0.1) is 18.3 Å². The Hall–Kier alpha value is -6.67. The van der Waals surface area contributed by atoms with Gasteiger partial charge in [0.05, 0.1) is 12.8 Å². The van der Waals surface area contributed by atoms with E-state index >= 15 is 0 Å². The van der Waals surface area contributed by atoms with Gasteiger partial charge in [-0.2, -0.15) is 0 Å². The lowest BCUT2D eigenvalue weighted by Gasteiger charge is -2.34. The SMILES string of the molecule is CC=CCC(NC(=O)[C@H](CC(C)C)NC(=O)[C@@H](NC(=O)[C@H](Cc1ccccc1C)NC(=O)[C@H](CCC(=O)O)NC(=O)[C@H](CC(=O)O)NC(=O)CCC(=O)O)C(C)(C)C)C(=O)C(N)=O. The molecule has 21 heteroatoms. The van der Waals surface area contributed by atoms with E-state index in [1.165, 1.54) is 0 Å². The maximum absolute atomic E-state index is 14.3. The second-order valence-corrected chi connectivity index (χ2v) is 16.4. The fourth-order valence-corrected chi connectivity index (χ4v) is 6.04. The van der Waals surface area contributed by atoms with Crippen LogP contribution >= 0.6 is 0 Å². The largest absolute Gasteiger partial charge is 0.481 e. The number of allylic oxidation sites excluding steroid dienone is 1. The molecule has 0 saturated heterocycles. The minimum absolute atomic E-state index is 0.0596. The third-order valence-electron chi connectivity index (χ3n) is 9.43. The Morgan fingerprint density at radius 2 is 1.17 bits per heavy atom. The molecule has 63 heavy (non-hydrogen) atoms. The van der Waals surface area contributed by atoms with Gasteiger partial charge in [0.15, 0.2) is 0 Å². The molecule has 0 heterocycles. The molecule has 1 unspecified atom stereocenters. The molecule has 0 aliphatic rings. The lowest BCUT2D eigenvalue weighted by molar-refractivity contribution is -0.142. The fraction of sp³-hybridized carbons (Fsp3) is 0.548. The van der Waals surface area contributed by atoms with E-state index in [-0.39, 0.29) is 25.2 Å². The lowest BCUT2D eigenvalue weighted by Crippen LogP contribution is -2.62. The normalized spacial score (nSPS) is 14.2. The second-order valence-electron chi connectivity index (χ2n) is 16.4. The average molecular weight is 888 g/mol. The zero-order valence-electron chi connectivity index (χ0n) is 36.6. The Morgan fingerprint density at radius 3 is 1.70 bits per heavy atom. The number of carbonyl (C=O) groups is 11. The zero-order valence-corrected chi connectivity index (χ0v) is 36.6. The number of rotatable bonds is 27. The number of hydrogen-bond acceptors (Lipinski definition) is 11. The van der Waals surface area contributed by atoms with Gasteiger partial charge in [-0.05, 0) is 55.6 Å². The molecule has 0 spiro atoms. The van der Waals surface area contributed by atoms with Gasteiger partial charge < -0.3 is 53.0 Å². The van der Waals surface area contributed by atoms with E-state index in [1.54, 1.807) is 84.9 Å². The predicted molar refractivity (Wildman–Crippen MR) is 225 cm³/mol. The van der Waals surface area contributed by atoms with Crippen LogP contribution in [0.1, 0.15) is 97.6 Å². The molecular weight excluding hydrogens is 826 g/mol. The maximum atomic E-state index is 14.3. The molecule has 0 fully saturated rings. The van der Waals surface area contributed by atoms with E-state index in [4.69, 9.17) is 10.8 Å². The van der Waals surface area contributed by atoms with Crippen molar-refractivity contribution in [3.8, 4) is 0 Å². The van der Waals surface area contributed by atoms with E-state index in [0.717, 1.165) is 0 Å². The van der Waals surface area contributed by atoms with Crippen molar-refractivity contribution in [1.29, 1.82) is 0 Å². The summed E-state index contributed by atoms with van der Waals surface area (Å²) >= 11 is 0. The van der Waals surface area contributed by atoms with Crippen LogP contribution in [0.3, 0.4) is 0 Å². The Kier molecular flexibility index (Phi) is 22.4. The number of carboxylic acids is 3. The van der Waals surface area contributed by atoms with Crippen molar-refractivity contribution in [2.75, 3.05) is 0 Å². The van der Waals surface area contributed by atoms with Crippen LogP contribution in [0.25, 0.3) is 0 Å². The zero-order chi connectivity index (χ0) is 48.2. The number of amides is 7. The van der Waals surface area contributed by atoms with Crippen molar-refractivity contribution >= 4 is 65.0 Å². The highest BCUT2D eigenvalue weighted by Crippen LogP contribution is 2.21. The number of aryl methyl sites for hydroxylation is 1. The van der Waals surface area contributed by atoms with E-state index in [9.17, 15) is 63.0 Å². The average Bonchev–Trinajstić information content (AvgIpc) is 3.17. The summed E-state index contributed by atoms with van der Waals surface area (Å²) in [6.45, 7) is 11.8. The highest BCUT2D eigenvalue weighted by molar-refractivity contribution is 6.37. The first kappa shape index (κ1) is 54.3. The fourth-order valence-electron chi connectivity index (χ4n) is 6.04. The number of nitrogens with two attached hydrogens (primary N) is 1. The van der Waals surface area contributed by atoms with E-state index in [1.807, 2.05) is 0 Å². The highest BCUT2D eigenvalue weighted by atomic mass is 16.4. The van der Waals surface area contributed by atoms with Crippen LogP contribution in [0.15, 0.2) is 36.4 Å². The first-order valence-corrected chi connectivity index (χ1v) is 20.2. The molecule has 348 valence electrons. The molecule has 0 radical (unpaired) electrons. The third-order valence-corrected chi connectivity index (χ3v) is 9.43. The maximum Gasteiger partial charge on any atom is 0.305 e. The van der Waals surface area contributed by atoms with Crippen molar-refractivity contribution in [3.63, 3.8) is 0 Å². The van der Waals surface area contributed by atoms with Crippen LogP contribution in [-0.4, -0.2) is 117 Å². The number of carboxylic acid groups (broad SMARTS) is 3. The topological polar surface area (TPSA) is 347 Å². The van der Waals surface area contributed by atoms with Gasteiger partial charge in [-0.3, -0.25) is 52.7 Å². The molecule has 7 amide bonds. The molecule has 0 saturated carbocycles. The van der Waals surface area contributed by atoms with Gasteiger partial charge in [0.25, 0.3) is 5.91 Å². The van der Waals surface area contributed by atoms with Gasteiger partial charge in [-0.1, -0.05) is 71.0 Å². The predicted octanol–water partition coefficient (Wildman–Crippen LogP) is -0.237. The van der Waals surface area contributed by atoms with Crippen molar-refractivity contribution in [1.82, 2.24) is 31.9 Å². The number of carbonyl (C=O) groups excluding carboxylic acids is 8. The lowest BCUT2D eigenvalue weighted by atomic mass is 9.85.